The Morgan fingerprint density at radius 2 is 1.58 bits per heavy atom. The number of anilines is 1. The molecular formula is C22H29N3O. The number of piperazine rings is 1. The maximum Gasteiger partial charge on any atom is 0.238 e. The maximum atomic E-state index is 12.5. The summed E-state index contributed by atoms with van der Waals surface area (Å²) in [6, 6.07) is 17.1. The van der Waals surface area contributed by atoms with Crippen molar-refractivity contribution in [3.05, 3.63) is 65.2 Å². The van der Waals surface area contributed by atoms with E-state index in [2.05, 4.69) is 52.4 Å². The van der Waals surface area contributed by atoms with E-state index in [0.29, 0.717) is 12.6 Å². The molecule has 2 aromatic carbocycles. The molecule has 4 heteroatoms. The molecule has 1 saturated heterocycles. The Morgan fingerprint density at radius 3 is 2.19 bits per heavy atom. The van der Waals surface area contributed by atoms with E-state index in [4.69, 9.17) is 0 Å². The molecular weight excluding hydrogens is 322 g/mol. The number of carbonyl (C=O) groups is 1. The van der Waals surface area contributed by atoms with Gasteiger partial charge < -0.3 is 5.32 Å². The molecule has 3 rings (SSSR count). The molecule has 1 aliphatic heterocycles. The highest BCUT2D eigenvalue weighted by molar-refractivity contribution is 5.93. The summed E-state index contributed by atoms with van der Waals surface area (Å²) in [4.78, 5) is 17.2. The minimum atomic E-state index is 0.0759. The average molecular weight is 351 g/mol. The molecule has 0 bridgehead atoms. The van der Waals surface area contributed by atoms with Crippen LogP contribution in [0, 0.1) is 13.8 Å². The number of carbonyl (C=O) groups excluding carboxylic acids is 1. The van der Waals surface area contributed by atoms with E-state index in [0.717, 1.165) is 43.0 Å². The van der Waals surface area contributed by atoms with E-state index in [1.165, 1.54) is 5.56 Å². The predicted octanol–water partition coefficient (Wildman–Crippen LogP) is 3.62. The largest absolute Gasteiger partial charge is 0.324 e. The highest BCUT2D eigenvalue weighted by Gasteiger charge is 2.23. The fourth-order valence-electron chi connectivity index (χ4n) is 3.64. The van der Waals surface area contributed by atoms with E-state index in [1.54, 1.807) is 0 Å². The third-order valence-corrected chi connectivity index (χ3v) is 5.35. The van der Waals surface area contributed by atoms with Crippen molar-refractivity contribution in [2.24, 2.45) is 0 Å². The molecule has 0 radical (unpaired) electrons. The third-order valence-electron chi connectivity index (χ3n) is 5.35. The molecule has 138 valence electrons. The zero-order valence-corrected chi connectivity index (χ0v) is 16.0. The Kier molecular flexibility index (Phi) is 6.07. The van der Waals surface area contributed by atoms with Crippen LogP contribution in [0.15, 0.2) is 48.5 Å². The molecule has 0 aliphatic carbocycles. The molecule has 2 aromatic rings. The van der Waals surface area contributed by atoms with Crippen molar-refractivity contribution in [2.45, 2.75) is 26.8 Å². The second-order valence-corrected chi connectivity index (χ2v) is 7.21. The van der Waals surface area contributed by atoms with Gasteiger partial charge in [0.25, 0.3) is 0 Å². The second-order valence-electron chi connectivity index (χ2n) is 7.21. The van der Waals surface area contributed by atoms with Crippen molar-refractivity contribution in [3.8, 4) is 0 Å². The first-order valence-corrected chi connectivity index (χ1v) is 9.42. The van der Waals surface area contributed by atoms with Gasteiger partial charge in [0.2, 0.25) is 5.91 Å². The van der Waals surface area contributed by atoms with Gasteiger partial charge in [-0.15, -0.1) is 0 Å². The van der Waals surface area contributed by atoms with Gasteiger partial charge in [0.15, 0.2) is 0 Å². The number of benzene rings is 2. The van der Waals surface area contributed by atoms with Gasteiger partial charge in [-0.25, -0.2) is 0 Å². The summed E-state index contributed by atoms with van der Waals surface area (Å²) in [5, 5.41) is 3.09. The number of aryl methyl sites for hydroxylation is 2. The lowest BCUT2D eigenvalue weighted by atomic mass is 10.1. The number of rotatable bonds is 5. The molecule has 1 amide bonds. The molecule has 4 nitrogen and oxygen atoms in total. The monoisotopic (exact) mass is 351 g/mol. The molecule has 1 heterocycles. The Balaban J connectivity index is 1.50. The molecule has 0 aromatic heterocycles. The Bertz CT molecular complexity index is 716. The minimum Gasteiger partial charge on any atom is -0.324 e. The quantitative estimate of drug-likeness (QED) is 0.894. The van der Waals surface area contributed by atoms with Crippen LogP contribution in [0.4, 0.5) is 5.69 Å². The fourth-order valence-corrected chi connectivity index (χ4v) is 3.64. The molecule has 1 fully saturated rings. The van der Waals surface area contributed by atoms with Crippen molar-refractivity contribution in [1.29, 1.82) is 0 Å². The fraction of sp³-hybridized carbons (Fsp3) is 0.409. The molecule has 0 unspecified atom stereocenters. The van der Waals surface area contributed by atoms with Crippen molar-refractivity contribution in [3.63, 3.8) is 0 Å². The van der Waals surface area contributed by atoms with Gasteiger partial charge >= 0.3 is 0 Å². The zero-order valence-electron chi connectivity index (χ0n) is 16.0. The van der Waals surface area contributed by atoms with Crippen LogP contribution in [0.2, 0.25) is 0 Å². The number of amides is 1. The van der Waals surface area contributed by atoms with Crippen molar-refractivity contribution >= 4 is 11.6 Å². The van der Waals surface area contributed by atoms with Gasteiger partial charge in [0.05, 0.1) is 6.54 Å². The SMILES string of the molecule is Cc1cccc(C)c1NC(=O)CN1CCN([C@H](C)c2ccccc2)CC1. The predicted molar refractivity (Wildman–Crippen MR) is 107 cm³/mol. The Hall–Kier alpha value is -2.17. The lowest BCUT2D eigenvalue weighted by Gasteiger charge is -2.38. The average Bonchev–Trinajstić information content (AvgIpc) is 2.66. The van der Waals surface area contributed by atoms with E-state index in [-0.39, 0.29) is 5.91 Å². The van der Waals surface area contributed by atoms with E-state index in [1.807, 2.05) is 32.0 Å². The van der Waals surface area contributed by atoms with Gasteiger partial charge in [-0.2, -0.15) is 0 Å². The van der Waals surface area contributed by atoms with E-state index < -0.39 is 0 Å². The summed E-state index contributed by atoms with van der Waals surface area (Å²) in [6.45, 7) is 10.6. The first-order chi connectivity index (χ1) is 12.5. The molecule has 0 spiro atoms. The van der Waals surface area contributed by atoms with Crippen molar-refractivity contribution in [2.75, 3.05) is 38.0 Å². The Labute approximate surface area is 156 Å². The Morgan fingerprint density at radius 1 is 0.962 bits per heavy atom. The highest BCUT2D eigenvalue weighted by Crippen LogP contribution is 2.22. The summed E-state index contributed by atoms with van der Waals surface area (Å²) >= 11 is 0. The topological polar surface area (TPSA) is 35.6 Å². The second kappa shape index (κ2) is 8.47. The summed E-state index contributed by atoms with van der Waals surface area (Å²) in [6.07, 6.45) is 0. The summed E-state index contributed by atoms with van der Waals surface area (Å²) in [5.41, 5.74) is 4.53. The minimum absolute atomic E-state index is 0.0759. The zero-order chi connectivity index (χ0) is 18.5. The molecule has 1 aliphatic rings. The highest BCUT2D eigenvalue weighted by atomic mass is 16.2. The summed E-state index contributed by atoms with van der Waals surface area (Å²) < 4.78 is 0. The van der Waals surface area contributed by atoms with Crippen LogP contribution in [0.25, 0.3) is 0 Å². The number of nitrogens with zero attached hydrogens (tertiary/aromatic N) is 2. The van der Waals surface area contributed by atoms with Crippen LogP contribution in [0.3, 0.4) is 0 Å². The van der Waals surface area contributed by atoms with Crippen LogP contribution in [0.1, 0.15) is 29.7 Å². The lowest BCUT2D eigenvalue weighted by molar-refractivity contribution is -0.117. The van der Waals surface area contributed by atoms with Crippen LogP contribution in [0.5, 0.6) is 0 Å². The van der Waals surface area contributed by atoms with E-state index >= 15 is 0 Å². The van der Waals surface area contributed by atoms with Gasteiger partial charge in [-0.3, -0.25) is 14.6 Å². The first kappa shape index (κ1) is 18.6. The molecule has 1 atom stereocenters. The molecule has 26 heavy (non-hydrogen) atoms. The smallest absolute Gasteiger partial charge is 0.238 e. The van der Waals surface area contributed by atoms with Crippen LogP contribution in [-0.4, -0.2) is 48.4 Å². The van der Waals surface area contributed by atoms with E-state index in [9.17, 15) is 4.79 Å². The number of nitrogens with one attached hydrogen (secondary N) is 1. The lowest BCUT2D eigenvalue weighted by Crippen LogP contribution is -2.49. The normalized spacial score (nSPS) is 17.0. The number of hydrogen-bond donors (Lipinski definition) is 1. The third kappa shape index (κ3) is 4.51. The van der Waals surface area contributed by atoms with Crippen LogP contribution >= 0.6 is 0 Å². The van der Waals surface area contributed by atoms with Gasteiger partial charge in [-0.05, 0) is 37.5 Å². The number of para-hydroxylation sites is 1. The van der Waals surface area contributed by atoms with Crippen molar-refractivity contribution in [1.82, 2.24) is 9.80 Å². The standard InChI is InChI=1S/C22H29N3O/c1-17-8-7-9-18(2)22(17)23-21(26)16-24-12-14-25(15-13-24)19(3)20-10-5-4-6-11-20/h4-11,19H,12-16H2,1-3H3,(H,23,26)/t19-/m1/s1. The van der Waals surface area contributed by atoms with Gasteiger partial charge in [0.1, 0.15) is 0 Å². The van der Waals surface area contributed by atoms with Crippen LogP contribution in [-0.2, 0) is 4.79 Å². The maximum absolute atomic E-state index is 12.5. The molecule has 0 saturated carbocycles. The van der Waals surface area contributed by atoms with Gasteiger partial charge in [0, 0.05) is 37.9 Å². The van der Waals surface area contributed by atoms with Crippen LogP contribution < -0.4 is 5.32 Å². The number of hydrogen-bond acceptors (Lipinski definition) is 3. The molecule has 1 N–H and O–H groups in total. The summed E-state index contributed by atoms with van der Waals surface area (Å²) in [7, 11) is 0. The first-order valence-electron chi connectivity index (χ1n) is 9.42. The van der Waals surface area contributed by atoms with Gasteiger partial charge in [-0.1, -0.05) is 48.5 Å². The summed E-state index contributed by atoms with van der Waals surface area (Å²) in [5.74, 6) is 0.0759. The van der Waals surface area contributed by atoms with Crippen molar-refractivity contribution < 1.29 is 4.79 Å².